The van der Waals surface area contributed by atoms with Gasteiger partial charge in [0.05, 0.1) is 19.1 Å². The van der Waals surface area contributed by atoms with Crippen LogP contribution >= 0.6 is 0 Å². The molecule has 0 aromatic heterocycles. The van der Waals surface area contributed by atoms with Crippen molar-refractivity contribution in [3.05, 3.63) is 29.8 Å². The van der Waals surface area contributed by atoms with E-state index in [2.05, 4.69) is 5.32 Å². The largest absolute Gasteiger partial charge is 0.346 e. The topological polar surface area (TPSA) is 73.6 Å². The van der Waals surface area contributed by atoms with Crippen molar-refractivity contribution in [2.24, 2.45) is 11.7 Å². The maximum Gasteiger partial charge on any atom is 0.228 e. The molecule has 0 bridgehead atoms. The number of carbonyl (C=O) groups excluding carboxylic acids is 1. The molecule has 1 saturated heterocycles. The summed E-state index contributed by atoms with van der Waals surface area (Å²) in [5.41, 5.74) is 7.27. The van der Waals surface area contributed by atoms with Gasteiger partial charge in [0.1, 0.15) is 0 Å². The van der Waals surface area contributed by atoms with Crippen molar-refractivity contribution in [3.63, 3.8) is 0 Å². The predicted molar refractivity (Wildman–Crippen MR) is 72.6 cm³/mol. The van der Waals surface area contributed by atoms with E-state index in [-0.39, 0.29) is 18.1 Å². The normalized spacial score (nSPS) is 17.4. The number of hydrogen-bond donors (Lipinski definition) is 2. The van der Waals surface area contributed by atoms with E-state index in [4.69, 9.17) is 15.2 Å². The molecule has 0 radical (unpaired) electrons. The summed E-state index contributed by atoms with van der Waals surface area (Å²) in [6.07, 6.45) is 0.460. The van der Waals surface area contributed by atoms with Crippen LogP contribution in [0.1, 0.15) is 25.2 Å². The molecule has 1 atom stereocenters. The molecule has 1 unspecified atom stereocenters. The average Bonchev–Trinajstić information content (AvgIpc) is 2.95. The van der Waals surface area contributed by atoms with Gasteiger partial charge in [-0.2, -0.15) is 0 Å². The average molecular weight is 264 g/mol. The van der Waals surface area contributed by atoms with Gasteiger partial charge in [-0.05, 0) is 18.6 Å². The summed E-state index contributed by atoms with van der Waals surface area (Å²) < 4.78 is 10.8. The fourth-order valence-electron chi connectivity index (χ4n) is 1.98. The van der Waals surface area contributed by atoms with E-state index in [9.17, 15) is 4.79 Å². The lowest BCUT2D eigenvalue weighted by molar-refractivity contribution is -0.119. The number of hydrogen-bond acceptors (Lipinski definition) is 4. The summed E-state index contributed by atoms with van der Waals surface area (Å²) >= 11 is 0. The highest BCUT2D eigenvalue weighted by atomic mass is 16.7. The summed E-state index contributed by atoms with van der Waals surface area (Å²) in [6.45, 7) is 3.56. The fraction of sp³-hybridized carbons (Fsp3) is 0.500. The Morgan fingerprint density at radius 3 is 2.53 bits per heavy atom. The number of rotatable bonds is 5. The van der Waals surface area contributed by atoms with Crippen molar-refractivity contribution >= 4 is 11.6 Å². The van der Waals surface area contributed by atoms with Gasteiger partial charge in [-0.25, -0.2) is 0 Å². The van der Waals surface area contributed by atoms with Crippen molar-refractivity contribution < 1.29 is 14.3 Å². The van der Waals surface area contributed by atoms with E-state index in [1.165, 1.54) is 0 Å². The minimum atomic E-state index is -0.280. The monoisotopic (exact) mass is 264 g/mol. The number of nitrogens with one attached hydrogen (secondary N) is 1. The van der Waals surface area contributed by atoms with E-state index in [0.29, 0.717) is 19.8 Å². The molecule has 1 aromatic carbocycles. The Bertz CT molecular complexity index is 409. The molecule has 0 aliphatic carbocycles. The molecular weight excluding hydrogens is 244 g/mol. The number of nitrogens with two attached hydrogens (primary N) is 1. The molecule has 1 aliphatic heterocycles. The van der Waals surface area contributed by atoms with Crippen molar-refractivity contribution in [1.29, 1.82) is 0 Å². The molecule has 1 aliphatic rings. The molecule has 1 fully saturated rings. The van der Waals surface area contributed by atoms with Gasteiger partial charge in [0, 0.05) is 17.8 Å². The lowest BCUT2D eigenvalue weighted by atomic mass is 10.1. The second-order valence-electron chi connectivity index (χ2n) is 4.53. The summed E-state index contributed by atoms with van der Waals surface area (Å²) in [5.74, 6) is -0.174. The minimum Gasteiger partial charge on any atom is -0.346 e. The van der Waals surface area contributed by atoms with Crippen LogP contribution in [0.5, 0.6) is 0 Å². The fourth-order valence-corrected chi connectivity index (χ4v) is 1.98. The van der Waals surface area contributed by atoms with Gasteiger partial charge in [-0.1, -0.05) is 19.1 Å². The predicted octanol–water partition coefficient (Wildman–Crippen LogP) is 1.66. The van der Waals surface area contributed by atoms with Gasteiger partial charge in [0.2, 0.25) is 5.91 Å². The van der Waals surface area contributed by atoms with Crippen LogP contribution in [-0.2, 0) is 14.3 Å². The second kappa shape index (κ2) is 6.65. The standard InChI is InChI=1S/C14H20N2O3/c1-2-10(9-15)13(17)16-12-5-3-11(4-6-12)14-18-7-8-19-14/h3-6,10,14H,2,7-9,15H2,1H3,(H,16,17). The minimum absolute atomic E-state index is 0.0360. The van der Waals surface area contributed by atoms with Crippen molar-refractivity contribution in [1.82, 2.24) is 0 Å². The molecule has 19 heavy (non-hydrogen) atoms. The van der Waals surface area contributed by atoms with Crippen LogP contribution in [0.3, 0.4) is 0 Å². The number of carbonyl (C=O) groups is 1. The molecule has 0 spiro atoms. The maximum absolute atomic E-state index is 11.9. The first-order valence-electron chi connectivity index (χ1n) is 6.58. The van der Waals surface area contributed by atoms with Gasteiger partial charge >= 0.3 is 0 Å². The van der Waals surface area contributed by atoms with E-state index < -0.39 is 0 Å². The van der Waals surface area contributed by atoms with Crippen LogP contribution in [0.15, 0.2) is 24.3 Å². The summed E-state index contributed by atoms with van der Waals surface area (Å²) in [7, 11) is 0. The van der Waals surface area contributed by atoms with E-state index in [1.807, 2.05) is 31.2 Å². The summed E-state index contributed by atoms with van der Waals surface area (Å²) in [6, 6.07) is 7.49. The van der Waals surface area contributed by atoms with E-state index >= 15 is 0 Å². The van der Waals surface area contributed by atoms with Crippen LogP contribution in [0.2, 0.25) is 0 Å². The van der Waals surface area contributed by atoms with Gasteiger partial charge in [0.25, 0.3) is 0 Å². The molecule has 3 N–H and O–H groups in total. The number of amides is 1. The molecule has 1 heterocycles. The highest BCUT2D eigenvalue weighted by molar-refractivity contribution is 5.92. The number of anilines is 1. The molecule has 5 nitrogen and oxygen atoms in total. The Morgan fingerprint density at radius 1 is 1.37 bits per heavy atom. The molecule has 104 valence electrons. The zero-order valence-corrected chi connectivity index (χ0v) is 11.1. The third-order valence-electron chi connectivity index (χ3n) is 3.22. The van der Waals surface area contributed by atoms with Crippen molar-refractivity contribution in [2.75, 3.05) is 25.1 Å². The summed E-state index contributed by atoms with van der Waals surface area (Å²) in [4.78, 5) is 11.9. The zero-order chi connectivity index (χ0) is 13.7. The van der Waals surface area contributed by atoms with Gasteiger partial charge in [-0.15, -0.1) is 0 Å². The molecule has 2 rings (SSSR count). The Kier molecular flexibility index (Phi) is 4.90. The second-order valence-corrected chi connectivity index (χ2v) is 4.53. The first kappa shape index (κ1) is 14.0. The van der Waals surface area contributed by atoms with E-state index in [0.717, 1.165) is 17.7 Å². The summed E-state index contributed by atoms with van der Waals surface area (Å²) in [5, 5.41) is 2.86. The number of benzene rings is 1. The van der Waals surface area contributed by atoms with E-state index in [1.54, 1.807) is 0 Å². The third-order valence-corrected chi connectivity index (χ3v) is 3.22. The SMILES string of the molecule is CCC(CN)C(=O)Nc1ccc(C2OCCO2)cc1. The molecule has 0 saturated carbocycles. The Hall–Kier alpha value is -1.43. The lowest BCUT2D eigenvalue weighted by Gasteiger charge is -2.14. The lowest BCUT2D eigenvalue weighted by Crippen LogP contribution is -2.28. The quantitative estimate of drug-likeness (QED) is 0.848. The third kappa shape index (κ3) is 3.53. The molecular formula is C14H20N2O3. The first-order chi connectivity index (χ1) is 9.24. The smallest absolute Gasteiger partial charge is 0.228 e. The Balaban J connectivity index is 1.96. The number of ether oxygens (including phenoxy) is 2. The Labute approximate surface area is 113 Å². The van der Waals surface area contributed by atoms with Crippen molar-refractivity contribution in [3.8, 4) is 0 Å². The highest BCUT2D eigenvalue weighted by Crippen LogP contribution is 2.24. The van der Waals surface area contributed by atoms with Crippen LogP contribution < -0.4 is 11.1 Å². The van der Waals surface area contributed by atoms with Crippen LogP contribution in [0.25, 0.3) is 0 Å². The molecule has 1 amide bonds. The Morgan fingerprint density at radius 2 is 2.00 bits per heavy atom. The first-order valence-corrected chi connectivity index (χ1v) is 6.58. The maximum atomic E-state index is 11.9. The highest BCUT2D eigenvalue weighted by Gasteiger charge is 2.18. The van der Waals surface area contributed by atoms with Crippen LogP contribution in [-0.4, -0.2) is 25.7 Å². The van der Waals surface area contributed by atoms with Crippen LogP contribution in [0, 0.1) is 5.92 Å². The zero-order valence-electron chi connectivity index (χ0n) is 11.1. The van der Waals surface area contributed by atoms with Gasteiger partial charge < -0.3 is 20.5 Å². The molecule has 1 aromatic rings. The van der Waals surface area contributed by atoms with Gasteiger partial charge in [0.15, 0.2) is 6.29 Å². The molecule has 5 heteroatoms. The van der Waals surface area contributed by atoms with Crippen LogP contribution in [0.4, 0.5) is 5.69 Å². The van der Waals surface area contributed by atoms with Crippen molar-refractivity contribution in [2.45, 2.75) is 19.6 Å². The van der Waals surface area contributed by atoms with Gasteiger partial charge in [-0.3, -0.25) is 4.79 Å².